The zero-order valence-corrected chi connectivity index (χ0v) is 13.3. The van der Waals surface area contributed by atoms with Crippen molar-refractivity contribution in [3.8, 4) is 5.75 Å². The van der Waals surface area contributed by atoms with Crippen LogP contribution in [-0.2, 0) is 10.0 Å². The summed E-state index contributed by atoms with van der Waals surface area (Å²) in [6.07, 6.45) is 0.704. The Kier molecular flexibility index (Phi) is 6.25. The first-order valence-electron chi connectivity index (χ1n) is 5.88. The van der Waals surface area contributed by atoms with Crippen LogP contribution in [0.2, 0.25) is 0 Å². The molecular weight excluding hydrogens is 334 g/mol. The molecule has 108 valence electrons. The Morgan fingerprint density at radius 1 is 1.47 bits per heavy atom. The van der Waals surface area contributed by atoms with E-state index in [1.165, 1.54) is 13.2 Å². The topological polar surface area (TPSA) is 75.6 Å². The monoisotopic (exact) mass is 351 g/mol. The Morgan fingerprint density at radius 3 is 2.74 bits per heavy atom. The molecule has 0 heterocycles. The van der Waals surface area contributed by atoms with Crippen LogP contribution in [0.4, 0.5) is 0 Å². The van der Waals surface area contributed by atoms with Crippen molar-refractivity contribution in [3.63, 3.8) is 0 Å². The predicted molar refractivity (Wildman–Crippen MR) is 76.8 cm³/mol. The van der Waals surface area contributed by atoms with E-state index in [9.17, 15) is 8.42 Å². The molecule has 0 saturated heterocycles. The molecule has 0 aliphatic rings. The van der Waals surface area contributed by atoms with Crippen LogP contribution in [0.25, 0.3) is 0 Å². The summed E-state index contributed by atoms with van der Waals surface area (Å²) in [7, 11) is -2.18. The Hall–Kier alpha value is -0.630. The summed E-state index contributed by atoms with van der Waals surface area (Å²) >= 11 is 3.24. The van der Waals surface area contributed by atoms with Gasteiger partial charge >= 0.3 is 0 Å². The van der Waals surface area contributed by atoms with Crippen LogP contribution < -0.4 is 9.46 Å². The van der Waals surface area contributed by atoms with Crippen molar-refractivity contribution in [2.45, 2.75) is 30.8 Å². The maximum absolute atomic E-state index is 12.1. The number of hydrogen-bond acceptors (Lipinski definition) is 4. The first-order valence-corrected chi connectivity index (χ1v) is 8.15. The van der Waals surface area contributed by atoms with Crippen LogP contribution in [0.5, 0.6) is 5.75 Å². The lowest BCUT2D eigenvalue weighted by Gasteiger charge is -2.11. The fraction of sp³-hybridized carbons (Fsp3) is 0.500. The number of aliphatic hydroxyl groups is 1. The van der Waals surface area contributed by atoms with Gasteiger partial charge in [-0.05, 0) is 38.0 Å². The summed E-state index contributed by atoms with van der Waals surface area (Å²) in [6, 6.07) is 4.80. The van der Waals surface area contributed by atoms with Gasteiger partial charge in [0.25, 0.3) is 0 Å². The third-order valence-electron chi connectivity index (χ3n) is 2.51. The highest BCUT2D eigenvalue weighted by molar-refractivity contribution is 9.10. The van der Waals surface area contributed by atoms with E-state index in [1.54, 1.807) is 19.1 Å². The predicted octanol–water partition coefficient (Wildman–Crippen LogP) is 1.90. The standard InChI is InChI=1S/C12H18BrNO4S/c1-9(15)4-3-7-14-19(16,17)12-8-10(13)5-6-11(12)18-2/h5-6,8-9,14-15H,3-4,7H2,1-2H3. The zero-order valence-electron chi connectivity index (χ0n) is 10.9. The van der Waals surface area contributed by atoms with E-state index in [2.05, 4.69) is 20.7 Å². The molecule has 19 heavy (non-hydrogen) atoms. The van der Waals surface area contributed by atoms with Gasteiger partial charge in [-0.3, -0.25) is 0 Å². The summed E-state index contributed by atoms with van der Waals surface area (Å²) in [5.41, 5.74) is 0. The number of aliphatic hydroxyl groups excluding tert-OH is 1. The Balaban J connectivity index is 2.79. The molecule has 0 bridgehead atoms. The third kappa shape index (κ3) is 5.10. The second kappa shape index (κ2) is 7.23. The van der Waals surface area contributed by atoms with Gasteiger partial charge in [-0.1, -0.05) is 15.9 Å². The molecule has 0 fully saturated rings. The zero-order chi connectivity index (χ0) is 14.5. The molecular formula is C12H18BrNO4S. The van der Waals surface area contributed by atoms with Crippen LogP contribution in [0, 0.1) is 0 Å². The minimum atomic E-state index is -3.61. The van der Waals surface area contributed by atoms with Gasteiger partial charge in [-0.2, -0.15) is 0 Å². The molecule has 0 aliphatic heterocycles. The van der Waals surface area contributed by atoms with Crippen molar-refractivity contribution in [3.05, 3.63) is 22.7 Å². The minimum Gasteiger partial charge on any atom is -0.495 e. The van der Waals surface area contributed by atoms with E-state index in [1.807, 2.05) is 0 Å². The van der Waals surface area contributed by atoms with E-state index in [0.29, 0.717) is 23.1 Å². The SMILES string of the molecule is COc1ccc(Br)cc1S(=O)(=O)NCCCC(C)O. The van der Waals surface area contributed by atoms with E-state index in [-0.39, 0.29) is 11.4 Å². The van der Waals surface area contributed by atoms with Gasteiger partial charge in [0.05, 0.1) is 13.2 Å². The van der Waals surface area contributed by atoms with Gasteiger partial charge in [0.2, 0.25) is 10.0 Å². The fourth-order valence-corrected chi connectivity index (χ4v) is 3.32. The number of halogens is 1. The van der Waals surface area contributed by atoms with Crippen LogP contribution in [0.1, 0.15) is 19.8 Å². The molecule has 0 saturated carbocycles. The lowest BCUT2D eigenvalue weighted by atomic mass is 10.2. The van der Waals surface area contributed by atoms with Gasteiger partial charge in [0.1, 0.15) is 10.6 Å². The fourth-order valence-electron chi connectivity index (χ4n) is 1.54. The Morgan fingerprint density at radius 2 is 2.16 bits per heavy atom. The smallest absolute Gasteiger partial charge is 0.244 e. The molecule has 2 N–H and O–H groups in total. The minimum absolute atomic E-state index is 0.0985. The van der Waals surface area contributed by atoms with Crippen molar-refractivity contribution >= 4 is 26.0 Å². The van der Waals surface area contributed by atoms with Crippen molar-refractivity contribution < 1.29 is 18.3 Å². The quantitative estimate of drug-likeness (QED) is 0.735. The summed E-state index contributed by atoms with van der Waals surface area (Å²) < 4.78 is 32.5. The van der Waals surface area contributed by atoms with Gasteiger partial charge in [0.15, 0.2) is 0 Å². The number of sulfonamides is 1. The van der Waals surface area contributed by atoms with Gasteiger partial charge in [-0.25, -0.2) is 13.1 Å². The van der Waals surface area contributed by atoms with E-state index in [0.717, 1.165) is 0 Å². The number of benzene rings is 1. The number of hydrogen-bond donors (Lipinski definition) is 2. The first kappa shape index (κ1) is 16.4. The molecule has 0 aliphatic carbocycles. The van der Waals surface area contributed by atoms with Crippen molar-refractivity contribution in [1.82, 2.24) is 4.72 Å². The second-order valence-corrected chi connectivity index (χ2v) is 6.84. The molecule has 0 spiro atoms. The average Bonchev–Trinajstić information content (AvgIpc) is 2.34. The lowest BCUT2D eigenvalue weighted by Crippen LogP contribution is -2.25. The molecule has 1 aromatic carbocycles. The van der Waals surface area contributed by atoms with Crippen molar-refractivity contribution in [1.29, 1.82) is 0 Å². The molecule has 1 rings (SSSR count). The Labute approximate surface area is 122 Å². The largest absolute Gasteiger partial charge is 0.495 e. The summed E-state index contributed by atoms with van der Waals surface area (Å²) in [5.74, 6) is 0.297. The second-order valence-electron chi connectivity index (χ2n) is 4.18. The van der Waals surface area contributed by atoms with E-state index in [4.69, 9.17) is 9.84 Å². The average molecular weight is 352 g/mol. The highest BCUT2D eigenvalue weighted by Crippen LogP contribution is 2.26. The molecule has 0 amide bonds. The number of methoxy groups -OCH3 is 1. The normalized spacial score (nSPS) is 13.3. The highest BCUT2D eigenvalue weighted by atomic mass is 79.9. The number of ether oxygens (including phenoxy) is 1. The maximum atomic E-state index is 12.1. The first-order chi connectivity index (χ1) is 8.86. The van der Waals surface area contributed by atoms with Crippen LogP contribution in [0.3, 0.4) is 0 Å². The summed E-state index contributed by atoms with van der Waals surface area (Å²) in [6.45, 7) is 1.95. The molecule has 1 aromatic rings. The molecule has 0 radical (unpaired) electrons. The molecule has 1 unspecified atom stereocenters. The summed E-state index contributed by atoms with van der Waals surface area (Å²) in [4.78, 5) is 0.0985. The third-order valence-corrected chi connectivity index (χ3v) is 4.48. The van der Waals surface area contributed by atoms with Crippen LogP contribution in [-0.4, -0.2) is 33.3 Å². The number of nitrogens with one attached hydrogen (secondary N) is 1. The van der Waals surface area contributed by atoms with E-state index >= 15 is 0 Å². The van der Waals surface area contributed by atoms with E-state index < -0.39 is 16.1 Å². The highest BCUT2D eigenvalue weighted by Gasteiger charge is 2.19. The molecule has 7 heteroatoms. The van der Waals surface area contributed by atoms with Crippen molar-refractivity contribution in [2.24, 2.45) is 0 Å². The van der Waals surface area contributed by atoms with Gasteiger partial charge in [-0.15, -0.1) is 0 Å². The lowest BCUT2D eigenvalue weighted by molar-refractivity contribution is 0.182. The van der Waals surface area contributed by atoms with Crippen molar-refractivity contribution in [2.75, 3.05) is 13.7 Å². The maximum Gasteiger partial charge on any atom is 0.244 e. The Bertz CT molecular complexity index is 516. The number of rotatable bonds is 7. The molecule has 1 atom stereocenters. The molecule has 5 nitrogen and oxygen atoms in total. The molecule has 0 aromatic heterocycles. The van der Waals surface area contributed by atoms with Crippen LogP contribution in [0.15, 0.2) is 27.6 Å². The van der Waals surface area contributed by atoms with Crippen LogP contribution >= 0.6 is 15.9 Å². The summed E-state index contributed by atoms with van der Waals surface area (Å²) in [5, 5.41) is 9.11. The van der Waals surface area contributed by atoms with Gasteiger partial charge in [0, 0.05) is 11.0 Å². The van der Waals surface area contributed by atoms with Gasteiger partial charge < -0.3 is 9.84 Å².